The molecular formula is C27H33N5O6. The molecule has 0 radical (unpaired) electrons. The number of rotatable bonds is 6. The fourth-order valence-electron chi connectivity index (χ4n) is 4.50. The standard InChI is InChI=1S/C27H33N5O6/c1-16-13-28-15-21-22(16)23(33)32(25(35)30-21)18-11-10-17(29-14-18)12-20(31-26(36)38-27(2,3)4)24(34)37-19-8-6-5-7-9-19/h10-11,13-15,19-20H,5-9,12H2,1-4H3,(H,30,35)(H,31,36)/t20-/m0/s1. The molecule has 1 fully saturated rings. The third kappa shape index (κ3) is 6.45. The molecule has 2 N–H and O–H groups in total. The molecule has 0 unspecified atom stereocenters. The lowest BCUT2D eigenvalue weighted by molar-refractivity contribution is -0.153. The summed E-state index contributed by atoms with van der Waals surface area (Å²) in [7, 11) is 0. The van der Waals surface area contributed by atoms with Crippen molar-refractivity contribution in [3.05, 3.63) is 62.8 Å². The van der Waals surface area contributed by atoms with Gasteiger partial charge in [0.25, 0.3) is 5.56 Å². The highest BCUT2D eigenvalue weighted by Crippen LogP contribution is 2.21. The molecular weight excluding hydrogens is 490 g/mol. The van der Waals surface area contributed by atoms with Gasteiger partial charge in [-0.3, -0.25) is 14.8 Å². The zero-order chi connectivity index (χ0) is 27.4. The first kappa shape index (κ1) is 27.0. The third-order valence-corrected chi connectivity index (χ3v) is 6.29. The number of alkyl carbamates (subject to hydrolysis) is 1. The fraction of sp³-hybridized carbons (Fsp3) is 0.481. The highest BCUT2D eigenvalue weighted by atomic mass is 16.6. The van der Waals surface area contributed by atoms with E-state index >= 15 is 0 Å². The first-order chi connectivity index (χ1) is 18.0. The molecule has 0 aromatic carbocycles. The van der Waals surface area contributed by atoms with E-state index in [0.717, 1.165) is 36.7 Å². The molecule has 11 heteroatoms. The van der Waals surface area contributed by atoms with E-state index in [0.29, 0.717) is 22.2 Å². The summed E-state index contributed by atoms with van der Waals surface area (Å²) in [6, 6.07) is 2.15. The van der Waals surface area contributed by atoms with Crippen LogP contribution in [0.3, 0.4) is 0 Å². The van der Waals surface area contributed by atoms with E-state index in [1.807, 2.05) is 0 Å². The van der Waals surface area contributed by atoms with Crippen LogP contribution in [0.15, 0.2) is 40.3 Å². The molecule has 3 aromatic heterocycles. The summed E-state index contributed by atoms with van der Waals surface area (Å²) in [5, 5.41) is 2.97. The second-order valence-corrected chi connectivity index (χ2v) is 10.6. The zero-order valence-corrected chi connectivity index (χ0v) is 22.1. The Bertz CT molecular complexity index is 1430. The van der Waals surface area contributed by atoms with Crippen LogP contribution in [0.4, 0.5) is 4.79 Å². The van der Waals surface area contributed by atoms with Gasteiger partial charge in [-0.2, -0.15) is 0 Å². The van der Waals surface area contributed by atoms with Crippen molar-refractivity contribution < 1.29 is 19.1 Å². The van der Waals surface area contributed by atoms with Gasteiger partial charge in [-0.1, -0.05) is 6.42 Å². The van der Waals surface area contributed by atoms with E-state index in [1.165, 1.54) is 12.4 Å². The number of carbonyl (C=O) groups is 2. The van der Waals surface area contributed by atoms with Crippen LogP contribution in [-0.4, -0.2) is 49.3 Å². The highest BCUT2D eigenvalue weighted by molar-refractivity contribution is 5.82. The molecule has 11 nitrogen and oxygen atoms in total. The van der Waals surface area contributed by atoms with Crippen LogP contribution in [0, 0.1) is 6.92 Å². The second kappa shape index (κ2) is 11.2. The molecule has 3 heterocycles. The Kier molecular flexibility index (Phi) is 7.94. The van der Waals surface area contributed by atoms with E-state index in [9.17, 15) is 19.2 Å². The number of carbonyl (C=O) groups excluding carboxylic acids is 2. The molecule has 0 bridgehead atoms. The Morgan fingerprint density at radius 3 is 2.53 bits per heavy atom. The predicted molar refractivity (Wildman–Crippen MR) is 140 cm³/mol. The van der Waals surface area contributed by atoms with Crippen molar-refractivity contribution in [2.24, 2.45) is 0 Å². The predicted octanol–water partition coefficient (Wildman–Crippen LogP) is 3.09. The Labute approximate surface area is 219 Å². The third-order valence-electron chi connectivity index (χ3n) is 6.29. The lowest BCUT2D eigenvalue weighted by atomic mass is 9.98. The molecule has 0 spiro atoms. The minimum Gasteiger partial charge on any atom is -0.461 e. The van der Waals surface area contributed by atoms with Gasteiger partial charge in [0, 0.05) is 18.3 Å². The van der Waals surface area contributed by atoms with Crippen LogP contribution in [0.1, 0.15) is 64.1 Å². The molecule has 1 aliphatic rings. The van der Waals surface area contributed by atoms with Crippen LogP contribution in [0.5, 0.6) is 0 Å². The summed E-state index contributed by atoms with van der Waals surface area (Å²) in [6.45, 7) is 6.94. The molecule has 3 aromatic rings. The monoisotopic (exact) mass is 523 g/mol. The zero-order valence-electron chi connectivity index (χ0n) is 22.1. The number of fused-ring (bicyclic) bond motifs is 1. The largest absolute Gasteiger partial charge is 0.461 e. The van der Waals surface area contributed by atoms with E-state index in [4.69, 9.17) is 9.47 Å². The average Bonchev–Trinajstić information content (AvgIpc) is 2.84. The number of aromatic amines is 1. The van der Waals surface area contributed by atoms with Gasteiger partial charge in [0.2, 0.25) is 0 Å². The molecule has 202 valence electrons. The number of aromatic nitrogens is 4. The number of nitrogens with zero attached hydrogens (tertiary/aromatic N) is 3. The maximum atomic E-state index is 13.1. The fourth-order valence-corrected chi connectivity index (χ4v) is 4.50. The number of hydrogen-bond donors (Lipinski definition) is 2. The minimum absolute atomic E-state index is 0.0405. The smallest absolute Gasteiger partial charge is 0.408 e. The Morgan fingerprint density at radius 2 is 1.87 bits per heavy atom. The number of ether oxygens (including phenoxy) is 2. The van der Waals surface area contributed by atoms with E-state index in [-0.39, 0.29) is 18.2 Å². The highest BCUT2D eigenvalue weighted by Gasteiger charge is 2.29. The summed E-state index contributed by atoms with van der Waals surface area (Å²) in [6.07, 6.45) is 8.18. The van der Waals surface area contributed by atoms with E-state index in [1.54, 1.807) is 46.0 Å². The van der Waals surface area contributed by atoms with Crippen molar-refractivity contribution >= 4 is 23.0 Å². The summed E-state index contributed by atoms with van der Waals surface area (Å²) in [5.41, 5.74) is -0.136. The van der Waals surface area contributed by atoms with Crippen LogP contribution >= 0.6 is 0 Å². The van der Waals surface area contributed by atoms with Crippen molar-refractivity contribution in [2.45, 2.75) is 84.0 Å². The summed E-state index contributed by atoms with van der Waals surface area (Å²) >= 11 is 0. The molecule has 0 saturated heterocycles. The molecule has 38 heavy (non-hydrogen) atoms. The van der Waals surface area contributed by atoms with Crippen molar-refractivity contribution in [3.8, 4) is 5.69 Å². The maximum Gasteiger partial charge on any atom is 0.408 e. The Hall–Kier alpha value is -4.02. The summed E-state index contributed by atoms with van der Waals surface area (Å²) in [5.74, 6) is -0.556. The van der Waals surface area contributed by atoms with Crippen LogP contribution in [0.2, 0.25) is 0 Å². The van der Waals surface area contributed by atoms with Gasteiger partial charge in [0.05, 0.1) is 29.0 Å². The normalized spacial score (nSPS) is 15.2. The minimum atomic E-state index is -1.02. The average molecular weight is 524 g/mol. The first-order valence-corrected chi connectivity index (χ1v) is 12.8. The van der Waals surface area contributed by atoms with Gasteiger partial charge in [-0.15, -0.1) is 0 Å². The van der Waals surface area contributed by atoms with Crippen molar-refractivity contribution in [2.75, 3.05) is 0 Å². The maximum absolute atomic E-state index is 13.1. The van der Waals surface area contributed by atoms with Crippen LogP contribution in [-0.2, 0) is 20.7 Å². The molecule has 0 aliphatic heterocycles. The first-order valence-electron chi connectivity index (χ1n) is 12.8. The quantitative estimate of drug-likeness (QED) is 0.469. The van der Waals surface area contributed by atoms with Gasteiger partial charge in [0.15, 0.2) is 0 Å². The van der Waals surface area contributed by atoms with E-state index in [2.05, 4.69) is 20.3 Å². The number of hydrogen-bond acceptors (Lipinski definition) is 8. The molecule has 4 rings (SSSR count). The molecule has 1 saturated carbocycles. The van der Waals surface area contributed by atoms with Crippen LogP contribution in [0.25, 0.3) is 16.6 Å². The lowest BCUT2D eigenvalue weighted by Crippen LogP contribution is -2.46. The molecule has 1 atom stereocenters. The summed E-state index contributed by atoms with van der Waals surface area (Å²) in [4.78, 5) is 62.3. The number of aryl methyl sites for hydroxylation is 1. The number of amides is 1. The number of nitrogens with one attached hydrogen (secondary N) is 2. The summed E-state index contributed by atoms with van der Waals surface area (Å²) < 4.78 is 12.0. The van der Waals surface area contributed by atoms with Gasteiger partial charge in [0.1, 0.15) is 17.7 Å². The number of pyridine rings is 2. The molecule has 1 aliphatic carbocycles. The molecule has 1 amide bonds. The Balaban J connectivity index is 1.57. The number of esters is 1. The van der Waals surface area contributed by atoms with Crippen molar-refractivity contribution in [3.63, 3.8) is 0 Å². The van der Waals surface area contributed by atoms with E-state index < -0.39 is 35.0 Å². The van der Waals surface area contributed by atoms with Crippen molar-refractivity contribution in [1.82, 2.24) is 24.8 Å². The second-order valence-electron chi connectivity index (χ2n) is 10.6. The number of H-pyrrole nitrogens is 1. The SMILES string of the molecule is Cc1cncc2[nH]c(=O)n(-c3ccc(C[C@H](NC(=O)OC(C)(C)C)C(=O)OC4CCCCC4)nc3)c(=O)c12. The van der Waals surface area contributed by atoms with Crippen LogP contribution < -0.4 is 16.6 Å². The van der Waals surface area contributed by atoms with Gasteiger partial charge in [-0.05, 0) is 71.1 Å². The van der Waals surface area contributed by atoms with Gasteiger partial charge >= 0.3 is 17.8 Å². The Morgan fingerprint density at radius 1 is 1.13 bits per heavy atom. The van der Waals surface area contributed by atoms with Gasteiger partial charge < -0.3 is 19.8 Å². The van der Waals surface area contributed by atoms with Gasteiger partial charge in [-0.25, -0.2) is 19.0 Å². The topological polar surface area (TPSA) is 145 Å². The van der Waals surface area contributed by atoms with Crippen molar-refractivity contribution in [1.29, 1.82) is 0 Å². The lowest BCUT2D eigenvalue weighted by Gasteiger charge is -2.26.